The third-order valence-electron chi connectivity index (χ3n) is 5.21. The summed E-state index contributed by atoms with van der Waals surface area (Å²) in [5, 5.41) is 2.65. The number of hydrogen-bond donors (Lipinski definition) is 1. The van der Waals surface area contributed by atoms with Crippen molar-refractivity contribution in [3.8, 4) is 0 Å². The van der Waals surface area contributed by atoms with Gasteiger partial charge in [-0.2, -0.15) is 0 Å². The molecular formula is C17H26N2O3. The van der Waals surface area contributed by atoms with Crippen molar-refractivity contribution in [3.05, 3.63) is 11.6 Å². The molecule has 2 saturated heterocycles. The summed E-state index contributed by atoms with van der Waals surface area (Å²) in [5.41, 5.74) is 1.30. The number of nitrogens with zero attached hydrogens (tertiary/aromatic N) is 1. The monoisotopic (exact) mass is 306 g/mol. The second kappa shape index (κ2) is 6.82. The summed E-state index contributed by atoms with van der Waals surface area (Å²) < 4.78 is 5.87. The van der Waals surface area contributed by atoms with Gasteiger partial charge in [0, 0.05) is 26.6 Å². The Hall–Kier alpha value is -1.36. The highest BCUT2D eigenvalue weighted by molar-refractivity contribution is 5.81. The van der Waals surface area contributed by atoms with E-state index < -0.39 is 0 Å². The second-order valence-electron chi connectivity index (χ2n) is 6.69. The van der Waals surface area contributed by atoms with Crippen LogP contribution in [-0.4, -0.2) is 49.1 Å². The van der Waals surface area contributed by atoms with E-state index in [1.165, 1.54) is 18.4 Å². The summed E-state index contributed by atoms with van der Waals surface area (Å²) in [6, 6.07) is 0. The summed E-state index contributed by atoms with van der Waals surface area (Å²) in [6.45, 7) is 1.45. The zero-order chi connectivity index (χ0) is 15.5. The quantitative estimate of drug-likeness (QED) is 0.806. The van der Waals surface area contributed by atoms with Gasteiger partial charge in [0.05, 0.1) is 6.10 Å². The third-order valence-corrected chi connectivity index (χ3v) is 5.21. The van der Waals surface area contributed by atoms with Crippen molar-refractivity contribution in [3.63, 3.8) is 0 Å². The van der Waals surface area contributed by atoms with Crippen LogP contribution in [0.4, 0.5) is 0 Å². The highest BCUT2D eigenvalue weighted by Crippen LogP contribution is 2.34. The topological polar surface area (TPSA) is 58.6 Å². The van der Waals surface area contributed by atoms with Gasteiger partial charge in [-0.25, -0.2) is 0 Å². The minimum absolute atomic E-state index is 0.0281. The van der Waals surface area contributed by atoms with E-state index >= 15 is 0 Å². The lowest BCUT2D eigenvalue weighted by Gasteiger charge is -2.34. The van der Waals surface area contributed by atoms with Crippen LogP contribution in [0.1, 0.15) is 44.9 Å². The van der Waals surface area contributed by atoms with Crippen LogP contribution in [0, 0.1) is 5.92 Å². The molecule has 22 heavy (non-hydrogen) atoms. The number of ether oxygens (including phenoxy) is 1. The predicted octanol–water partition coefficient (Wildman–Crippen LogP) is 1.63. The van der Waals surface area contributed by atoms with E-state index in [-0.39, 0.29) is 24.0 Å². The number of hydrogen-bond acceptors (Lipinski definition) is 3. The van der Waals surface area contributed by atoms with E-state index in [4.69, 9.17) is 4.74 Å². The first-order chi connectivity index (χ1) is 10.7. The van der Waals surface area contributed by atoms with Crippen LogP contribution in [0.5, 0.6) is 0 Å². The molecule has 0 radical (unpaired) electrons. The third kappa shape index (κ3) is 3.35. The second-order valence-corrected chi connectivity index (χ2v) is 6.69. The Bertz CT molecular complexity index is 475. The Morgan fingerprint density at radius 2 is 2.27 bits per heavy atom. The van der Waals surface area contributed by atoms with E-state index in [1.54, 1.807) is 7.05 Å². The van der Waals surface area contributed by atoms with Crippen molar-refractivity contribution in [1.82, 2.24) is 10.2 Å². The van der Waals surface area contributed by atoms with Gasteiger partial charge in [-0.3, -0.25) is 9.59 Å². The number of fused-ring (bicyclic) bond motifs is 1. The summed E-state index contributed by atoms with van der Waals surface area (Å²) in [4.78, 5) is 26.1. The number of likely N-dealkylation sites (tertiary alicyclic amines) is 1. The number of allylic oxidation sites excluding steroid dienone is 1. The molecule has 3 rings (SSSR count). The van der Waals surface area contributed by atoms with Crippen LogP contribution in [0.25, 0.3) is 0 Å². The van der Waals surface area contributed by atoms with Crippen molar-refractivity contribution in [2.24, 2.45) is 5.92 Å². The van der Waals surface area contributed by atoms with Crippen molar-refractivity contribution < 1.29 is 14.3 Å². The fraction of sp³-hybridized carbons (Fsp3) is 0.765. The smallest absolute Gasteiger partial charge is 0.248 e. The largest absolute Gasteiger partial charge is 0.363 e. The van der Waals surface area contributed by atoms with E-state index in [2.05, 4.69) is 11.4 Å². The standard InChI is InChI=1S/C17H26N2O3/c1-18-17(21)14-10-13-7-8-19(11-15(13)22-14)16(20)9-12-5-3-2-4-6-12/h5,13-15H,2-4,6-11H2,1H3,(H,18,21)/t13-,14+,15-/m0/s1. The predicted molar refractivity (Wildman–Crippen MR) is 83.2 cm³/mol. The number of nitrogens with one attached hydrogen (secondary N) is 1. The molecular weight excluding hydrogens is 280 g/mol. The summed E-state index contributed by atoms with van der Waals surface area (Å²) in [5.74, 6) is 0.596. The molecule has 2 aliphatic heterocycles. The van der Waals surface area contributed by atoms with Crippen LogP contribution < -0.4 is 5.32 Å². The van der Waals surface area contributed by atoms with Gasteiger partial charge in [0.15, 0.2) is 0 Å². The van der Waals surface area contributed by atoms with Gasteiger partial charge in [-0.15, -0.1) is 0 Å². The fourth-order valence-electron chi connectivity index (χ4n) is 3.86. The van der Waals surface area contributed by atoms with Crippen LogP contribution >= 0.6 is 0 Å². The maximum absolute atomic E-state index is 12.5. The Labute approximate surface area is 132 Å². The zero-order valence-electron chi connectivity index (χ0n) is 13.3. The maximum atomic E-state index is 12.5. The first-order valence-electron chi connectivity index (χ1n) is 8.50. The molecule has 0 unspecified atom stereocenters. The number of amides is 2. The van der Waals surface area contributed by atoms with E-state index in [0.717, 1.165) is 32.2 Å². The van der Waals surface area contributed by atoms with Gasteiger partial charge in [0.25, 0.3) is 0 Å². The van der Waals surface area contributed by atoms with E-state index in [9.17, 15) is 9.59 Å². The summed E-state index contributed by atoms with van der Waals surface area (Å²) in [6.07, 6.45) is 8.88. The Balaban J connectivity index is 1.54. The molecule has 3 aliphatic rings. The summed E-state index contributed by atoms with van der Waals surface area (Å²) >= 11 is 0. The van der Waals surface area contributed by atoms with Crippen molar-refractivity contribution in [2.45, 2.75) is 57.2 Å². The fourth-order valence-corrected chi connectivity index (χ4v) is 3.86. The van der Waals surface area contributed by atoms with Gasteiger partial charge < -0.3 is 15.0 Å². The number of rotatable bonds is 3. The van der Waals surface area contributed by atoms with Gasteiger partial charge in [-0.05, 0) is 44.4 Å². The molecule has 2 fully saturated rings. The Morgan fingerprint density at radius 1 is 1.41 bits per heavy atom. The average Bonchev–Trinajstić information content (AvgIpc) is 2.98. The van der Waals surface area contributed by atoms with Crippen LogP contribution in [-0.2, 0) is 14.3 Å². The first-order valence-corrected chi connectivity index (χ1v) is 8.50. The Morgan fingerprint density at radius 3 is 3.00 bits per heavy atom. The number of carbonyl (C=O) groups is 2. The lowest BCUT2D eigenvalue weighted by Crippen LogP contribution is -2.45. The minimum Gasteiger partial charge on any atom is -0.363 e. The molecule has 122 valence electrons. The highest BCUT2D eigenvalue weighted by Gasteiger charge is 2.42. The lowest BCUT2D eigenvalue weighted by atomic mass is 9.91. The molecule has 1 aliphatic carbocycles. The van der Waals surface area contributed by atoms with Gasteiger partial charge >= 0.3 is 0 Å². The van der Waals surface area contributed by atoms with Gasteiger partial charge in [-0.1, -0.05) is 11.6 Å². The van der Waals surface area contributed by atoms with Crippen molar-refractivity contribution in [1.29, 1.82) is 0 Å². The number of likely N-dealkylation sites (N-methyl/N-ethyl adjacent to an activating group) is 1. The van der Waals surface area contributed by atoms with Gasteiger partial charge in [0.1, 0.15) is 6.10 Å². The van der Waals surface area contributed by atoms with Crippen LogP contribution in [0.3, 0.4) is 0 Å². The zero-order valence-corrected chi connectivity index (χ0v) is 13.3. The number of carbonyl (C=O) groups excluding carboxylic acids is 2. The van der Waals surface area contributed by atoms with E-state index in [1.807, 2.05) is 4.90 Å². The molecule has 5 heteroatoms. The van der Waals surface area contributed by atoms with E-state index in [0.29, 0.717) is 18.9 Å². The lowest BCUT2D eigenvalue weighted by molar-refractivity contribution is -0.137. The maximum Gasteiger partial charge on any atom is 0.248 e. The molecule has 0 aromatic heterocycles. The van der Waals surface area contributed by atoms with Crippen molar-refractivity contribution >= 4 is 11.8 Å². The first kappa shape index (κ1) is 15.5. The molecule has 0 aromatic rings. The molecule has 2 heterocycles. The van der Waals surface area contributed by atoms with Crippen molar-refractivity contribution in [2.75, 3.05) is 20.1 Å². The molecule has 0 saturated carbocycles. The Kier molecular flexibility index (Phi) is 4.81. The molecule has 0 aromatic carbocycles. The number of piperidine rings is 1. The molecule has 0 spiro atoms. The normalized spacial score (nSPS) is 31.4. The molecule has 1 N–H and O–H groups in total. The average molecular weight is 306 g/mol. The molecule has 0 bridgehead atoms. The highest BCUT2D eigenvalue weighted by atomic mass is 16.5. The minimum atomic E-state index is -0.337. The molecule has 5 nitrogen and oxygen atoms in total. The molecule has 3 atom stereocenters. The molecule has 2 amide bonds. The SMILES string of the molecule is CNC(=O)[C@H]1C[C@@H]2CCN(C(=O)CC3=CCCCC3)C[C@@H]2O1. The van der Waals surface area contributed by atoms with Crippen LogP contribution in [0.2, 0.25) is 0 Å². The summed E-state index contributed by atoms with van der Waals surface area (Å²) in [7, 11) is 1.64. The van der Waals surface area contributed by atoms with Crippen LogP contribution in [0.15, 0.2) is 11.6 Å². The van der Waals surface area contributed by atoms with Gasteiger partial charge in [0.2, 0.25) is 11.8 Å².